The van der Waals surface area contributed by atoms with Crippen LogP contribution in [-0.2, 0) is 6.54 Å². The van der Waals surface area contributed by atoms with Gasteiger partial charge in [0.25, 0.3) is 0 Å². The third kappa shape index (κ3) is 5.26. The molecule has 126 valence electrons. The highest BCUT2D eigenvalue weighted by molar-refractivity contribution is 7.80. The number of hydrogen-bond acceptors (Lipinski definition) is 4. The second-order valence-electron chi connectivity index (χ2n) is 5.60. The van der Waals surface area contributed by atoms with Crippen LogP contribution in [0.4, 0.5) is 17.2 Å². The second kappa shape index (κ2) is 8.21. The lowest BCUT2D eigenvalue weighted by atomic mass is 10.2. The standard InChI is InChI=1S/C19H19N5S/c1-14-4-2-6-16(10-14)23-18-8-7-17(13-21-18)24-19(25)22-12-15-5-3-9-20-11-15/h2-11,13H,12H2,1H3,(H,21,23)(H2,22,24,25). The van der Waals surface area contributed by atoms with Crippen LogP contribution in [0.5, 0.6) is 0 Å². The summed E-state index contributed by atoms with van der Waals surface area (Å²) in [5.74, 6) is 0.783. The van der Waals surface area contributed by atoms with E-state index in [2.05, 4.69) is 45.0 Å². The predicted molar refractivity (Wildman–Crippen MR) is 106 cm³/mol. The van der Waals surface area contributed by atoms with E-state index >= 15 is 0 Å². The zero-order valence-electron chi connectivity index (χ0n) is 13.9. The highest BCUT2D eigenvalue weighted by atomic mass is 32.1. The van der Waals surface area contributed by atoms with Gasteiger partial charge in [0, 0.05) is 24.6 Å². The summed E-state index contributed by atoms with van der Waals surface area (Å²) in [7, 11) is 0. The molecule has 2 heterocycles. The Labute approximate surface area is 152 Å². The highest BCUT2D eigenvalue weighted by Crippen LogP contribution is 2.17. The number of pyridine rings is 2. The summed E-state index contributed by atoms with van der Waals surface area (Å²) in [4.78, 5) is 8.48. The van der Waals surface area contributed by atoms with E-state index in [-0.39, 0.29) is 0 Å². The van der Waals surface area contributed by atoms with Gasteiger partial charge in [-0.1, -0.05) is 18.2 Å². The fourth-order valence-electron chi connectivity index (χ4n) is 2.27. The maximum Gasteiger partial charge on any atom is 0.171 e. The minimum Gasteiger partial charge on any atom is -0.358 e. The van der Waals surface area contributed by atoms with Crippen molar-refractivity contribution in [1.29, 1.82) is 0 Å². The van der Waals surface area contributed by atoms with Gasteiger partial charge in [0.1, 0.15) is 5.82 Å². The van der Waals surface area contributed by atoms with Crippen LogP contribution in [0.1, 0.15) is 11.1 Å². The molecule has 0 aliphatic heterocycles. The van der Waals surface area contributed by atoms with Crippen LogP contribution in [0.25, 0.3) is 0 Å². The zero-order valence-corrected chi connectivity index (χ0v) is 14.7. The van der Waals surface area contributed by atoms with E-state index in [0.717, 1.165) is 22.8 Å². The van der Waals surface area contributed by atoms with Gasteiger partial charge < -0.3 is 16.0 Å². The summed E-state index contributed by atoms with van der Waals surface area (Å²) < 4.78 is 0. The third-order valence-corrected chi connectivity index (χ3v) is 3.73. The molecule has 3 N–H and O–H groups in total. The summed E-state index contributed by atoms with van der Waals surface area (Å²) in [5.41, 5.74) is 4.12. The molecule has 0 saturated heterocycles. The summed E-state index contributed by atoms with van der Waals surface area (Å²) in [6.07, 6.45) is 5.30. The van der Waals surface area contributed by atoms with Crippen LogP contribution in [0, 0.1) is 6.92 Å². The molecular weight excluding hydrogens is 330 g/mol. The van der Waals surface area contributed by atoms with Gasteiger partial charge in [-0.3, -0.25) is 4.98 Å². The number of rotatable bonds is 5. The number of thiocarbonyl (C=S) groups is 1. The molecule has 0 spiro atoms. The van der Waals surface area contributed by atoms with Crippen molar-refractivity contribution in [2.24, 2.45) is 0 Å². The third-order valence-electron chi connectivity index (χ3n) is 3.49. The second-order valence-corrected chi connectivity index (χ2v) is 6.00. The van der Waals surface area contributed by atoms with Crippen LogP contribution in [0.3, 0.4) is 0 Å². The molecule has 25 heavy (non-hydrogen) atoms. The number of nitrogens with zero attached hydrogens (tertiary/aromatic N) is 2. The monoisotopic (exact) mass is 349 g/mol. The average Bonchev–Trinajstić information content (AvgIpc) is 2.63. The van der Waals surface area contributed by atoms with Gasteiger partial charge >= 0.3 is 0 Å². The van der Waals surface area contributed by atoms with E-state index in [0.29, 0.717) is 11.7 Å². The Bertz CT molecular complexity index is 834. The first-order chi connectivity index (χ1) is 12.2. The van der Waals surface area contributed by atoms with Crippen molar-refractivity contribution in [3.8, 4) is 0 Å². The van der Waals surface area contributed by atoms with Crippen LogP contribution in [0.15, 0.2) is 67.1 Å². The van der Waals surface area contributed by atoms with Crippen molar-refractivity contribution in [3.63, 3.8) is 0 Å². The predicted octanol–water partition coefficient (Wildman–Crippen LogP) is 4.02. The molecule has 0 atom stereocenters. The van der Waals surface area contributed by atoms with Crippen LogP contribution < -0.4 is 16.0 Å². The van der Waals surface area contributed by atoms with E-state index in [9.17, 15) is 0 Å². The maximum absolute atomic E-state index is 5.30. The van der Waals surface area contributed by atoms with Crippen LogP contribution in [0.2, 0.25) is 0 Å². The normalized spacial score (nSPS) is 10.1. The Balaban J connectivity index is 1.52. The lowest BCUT2D eigenvalue weighted by Gasteiger charge is -2.11. The Kier molecular flexibility index (Phi) is 5.53. The van der Waals surface area contributed by atoms with Crippen molar-refractivity contribution in [2.75, 3.05) is 10.6 Å². The minimum atomic E-state index is 0.546. The summed E-state index contributed by atoms with van der Waals surface area (Å²) >= 11 is 5.30. The molecule has 5 nitrogen and oxygen atoms in total. The number of anilines is 3. The van der Waals surface area contributed by atoms with Crippen molar-refractivity contribution in [2.45, 2.75) is 13.5 Å². The average molecular weight is 349 g/mol. The lowest BCUT2D eigenvalue weighted by molar-refractivity contribution is 0.916. The molecule has 3 rings (SSSR count). The topological polar surface area (TPSA) is 61.9 Å². The van der Waals surface area contributed by atoms with Gasteiger partial charge in [-0.25, -0.2) is 4.98 Å². The number of aryl methyl sites for hydroxylation is 1. The first kappa shape index (κ1) is 16.9. The lowest BCUT2D eigenvalue weighted by Crippen LogP contribution is -2.27. The van der Waals surface area contributed by atoms with E-state index < -0.39 is 0 Å². The molecule has 0 fully saturated rings. The molecule has 0 aliphatic rings. The fraction of sp³-hybridized carbons (Fsp3) is 0.105. The van der Waals surface area contributed by atoms with Gasteiger partial charge in [-0.15, -0.1) is 0 Å². The largest absolute Gasteiger partial charge is 0.358 e. The molecule has 0 bridgehead atoms. The van der Waals surface area contributed by atoms with E-state index in [1.54, 1.807) is 12.4 Å². The smallest absolute Gasteiger partial charge is 0.171 e. The quantitative estimate of drug-likeness (QED) is 0.605. The van der Waals surface area contributed by atoms with Crippen LogP contribution in [-0.4, -0.2) is 15.1 Å². The number of hydrogen-bond donors (Lipinski definition) is 3. The number of benzene rings is 1. The molecule has 2 aromatic heterocycles. The summed E-state index contributed by atoms with van der Waals surface area (Å²) in [6, 6.07) is 15.9. The zero-order chi connectivity index (χ0) is 17.5. The van der Waals surface area contributed by atoms with Gasteiger partial charge in [-0.05, 0) is 60.6 Å². The molecule has 0 amide bonds. The van der Waals surface area contributed by atoms with Crippen molar-refractivity contribution in [3.05, 3.63) is 78.2 Å². The molecule has 1 aromatic carbocycles. The van der Waals surface area contributed by atoms with E-state index in [1.165, 1.54) is 5.56 Å². The van der Waals surface area contributed by atoms with Gasteiger partial charge in [0.15, 0.2) is 5.11 Å². The Hall–Kier alpha value is -2.99. The molecule has 6 heteroatoms. The highest BCUT2D eigenvalue weighted by Gasteiger charge is 2.01. The molecule has 0 radical (unpaired) electrons. The van der Waals surface area contributed by atoms with E-state index in [1.807, 2.05) is 42.6 Å². The Morgan fingerprint density at radius 1 is 1.04 bits per heavy atom. The van der Waals surface area contributed by atoms with Gasteiger partial charge in [0.2, 0.25) is 0 Å². The van der Waals surface area contributed by atoms with Crippen LogP contribution >= 0.6 is 12.2 Å². The molecule has 3 aromatic rings. The molecular formula is C19H19N5S. The Morgan fingerprint density at radius 3 is 2.68 bits per heavy atom. The SMILES string of the molecule is Cc1cccc(Nc2ccc(NC(=S)NCc3cccnc3)cn2)c1. The van der Waals surface area contributed by atoms with E-state index in [4.69, 9.17) is 12.2 Å². The minimum absolute atomic E-state index is 0.546. The molecule has 0 unspecified atom stereocenters. The summed E-state index contributed by atoms with van der Waals surface area (Å²) in [6.45, 7) is 2.69. The Morgan fingerprint density at radius 2 is 1.96 bits per heavy atom. The molecule has 0 saturated carbocycles. The fourth-order valence-corrected chi connectivity index (χ4v) is 2.46. The number of aromatic nitrogens is 2. The first-order valence-electron chi connectivity index (χ1n) is 7.92. The summed E-state index contributed by atoms with van der Waals surface area (Å²) in [5, 5.41) is 10.1. The van der Waals surface area contributed by atoms with Crippen molar-refractivity contribution in [1.82, 2.24) is 15.3 Å². The number of nitrogens with one attached hydrogen (secondary N) is 3. The first-order valence-corrected chi connectivity index (χ1v) is 8.33. The molecule has 0 aliphatic carbocycles. The van der Waals surface area contributed by atoms with Crippen molar-refractivity contribution < 1.29 is 0 Å². The maximum atomic E-state index is 5.30. The van der Waals surface area contributed by atoms with Crippen molar-refractivity contribution >= 4 is 34.5 Å². The van der Waals surface area contributed by atoms with Gasteiger partial charge in [-0.2, -0.15) is 0 Å². The van der Waals surface area contributed by atoms with Gasteiger partial charge in [0.05, 0.1) is 11.9 Å².